The van der Waals surface area contributed by atoms with Gasteiger partial charge in [-0.05, 0) is 50.4 Å². The lowest BCUT2D eigenvalue weighted by atomic mass is 9.86. The lowest BCUT2D eigenvalue weighted by molar-refractivity contribution is -0.117. The second kappa shape index (κ2) is 6.94. The van der Waals surface area contributed by atoms with Gasteiger partial charge in [-0.3, -0.25) is 9.69 Å². The normalized spacial score (nSPS) is 22.3. The third-order valence-corrected chi connectivity index (χ3v) is 4.57. The molecule has 1 aliphatic rings. The maximum absolute atomic E-state index is 12.2. The van der Waals surface area contributed by atoms with Crippen LogP contribution in [0.25, 0.3) is 0 Å². The summed E-state index contributed by atoms with van der Waals surface area (Å²) in [5, 5.41) is 2.97. The van der Waals surface area contributed by atoms with Crippen molar-refractivity contribution in [1.82, 2.24) is 4.90 Å². The number of hydrogen-bond acceptors (Lipinski definition) is 3. The lowest BCUT2D eigenvalue weighted by Gasteiger charge is -2.33. The van der Waals surface area contributed by atoms with E-state index < -0.39 is 0 Å². The molecule has 2 atom stereocenters. The molecule has 2 rings (SSSR count). The van der Waals surface area contributed by atoms with Crippen LogP contribution in [0.15, 0.2) is 18.2 Å². The van der Waals surface area contributed by atoms with Crippen LogP contribution in [0.2, 0.25) is 0 Å². The number of nitrogen functional groups attached to an aromatic ring is 1. The number of nitrogens with zero attached hydrogens (tertiary/aromatic N) is 1. The molecule has 0 radical (unpaired) electrons. The third kappa shape index (κ3) is 4.21. The highest BCUT2D eigenvalue weighted by Gasteiger charge is 2.23. The van der Waals surface area contributed by atoms with Crippen molar-refractivity contribution in [3.8, 4) is 0 Å². The van der Waals surface area contributed by atoms with Gasteiger partial charge in [0.25, 0.3) is 0 Å². The van der Waals surface area contributed by atoms with Crippen molar-refractivity contribution < 1.29 is 4.79 Å². The molecule has 0 heterocycles. The highest BCUT2D eigenvalue weighted by molar-refractivity contribution is 5.93. The van der Waals surface area contributed by atoms with E-state index in [1.165, 1.54) is 25.7 Å². The van der Waals surface area contributed by atoms with Gasteiger partial charge in [-0.25, -0.2) is 0 Å². The molecule has 2 unspecified atom stereocenters. The monoisotopic (exact) mass is 289 g/mol. The van der Waals surface area contributed by atoms with E-state index in [9.17, 15) is 4.79 Å². The number of rotatable bonds is 4. The maximum Gasteiger partial charge on any atom is 0.238 e. The molecule has 0 bridgehead atoms. The minimum atomic E-state index is 0.0319. The van der Waals surface area contributed by atoms with Crippen LogP contribution in [0, 0.1) is 12.8 Å². The number of carbonyl (C=O) groups is 1. The maximum atomic E-state index is 12.2. The largest absolute Gasteiger partial charge is 0.398 e. The summed E-state index contributed by atoms with van der Waals surface area (Å²) in [5.74, 6) is 0.801. The molecular formula is C17H27N3O. The molecule has 0 saturated heterocycles. The zero-order valence-electron chi connectivity index (χ0n) is 13.4. The predicted octanol–water partition coefficient (Wildman–Crippen LogP) is 3.03. The summed E-state index contributed by atoms with van der Waals surface area (Å²) in [4.78, 5) is 14.4. The Bertz CT molecular complexity index is 501. The zero-order chi connectivity index (χ0) is 15.4. The molecule has 4 heteroatoms. The standard InChI is InChI=1S/C17H27N3O/c1-12-6-4-7-14(10-12)20(3)11-17(21)19-16-9-5-8-15(18)13(16)2/h5,8-9,12,14H,4,6-7,10-11,18H2,1-3H3,(H,19,21). The fourth-order valence-electron chi connectivity index (χ4n) is 3.14. The van der Waals surface area contributed by atoms with Crippen LogP contribution in [0.1, 0.15) is 38.2 Å². The molecule has 4 nitrogen and oxygen atoms in total. The van der Waals surface area contributed by atoms with Gasteiger partial charge in [0.15, 0.2) is 0 Å². The highest BCUT2D eigenvalue weighted by atomic mass is 16.2. The van der Waals surface area contributed by atoms with E-state index in [2.05, 4.69) is 24.2 Å². The van der Waals surface area contributed by atoms with Crippen molar-refractivity contribution in [2.75, 3.05) is 24.6 Å². The number of amides is 1. The SMILES string of the molecule is Cc1c(N)cccc1NC(=O)CN(C)C1CCCC(C)C1. The van der Waals surface area contributed by atoms with Gasteiger partial charge in [-0.2, -0.15) is 0 Å². The first-order valence-corrected chi connectivity index (χ1v) is 7.82. The average molecular weight is 289 g/mol. The predicted molar refractivity (Wildman–Crippen MR) is 88.3 cm³/mol. The van der Waals surface area contributed by atoms with E-state index >= 15 is 0 Å². The molecule has 1 saturated carbocycles. The van der Waals surface area contributed by atoms with E-state index in [1.807, 2.05) is 25.1 Å². The number of hydrogen-bond donors (Lipinski definition) is 2. The lowest BCUT2D eigenvalue weighted by Crippen LogP contribution is -2.40. The average Bonchev–Trinajstić information content (AvgIpc) is 2.44. The van der Waals surface area contributed by atoms with E-state index in [1.54, 1.807) is 0 Å². The molecule has 21 heavy (non-hydrogen) atoms. The van der Waals surface area contributed by atoms with Gasteiger partial charge < -0.3 is 11.1 Å². The van der Waals surface area contributed by atoms with Gasteiger partial charge >= 0.3 is 0 Å². The molecule has 1 aromatic carbocycles. The summed E-state index contributed by atoms with van der Waals surface area (Å²) in [6, 6.07) is 6.14. The third-order valence-electron chi connectivity index (χ3n) is 4.57. The fourth-order valence-corrected chi connectivity index (χ4v) is 3.14. The Hall–Kier alpha value is -1.55. The van der Waals surface area contributed by atoms with E-state index in [-0.39, 0.29) is 5.91 Å². The Kier molecular flexibility index (Phi) is 5.23. The van der Waals surface area contributed by atoms with Crippen LogP contribution in [-0.4, -0.2) is 30.4 Å². The first-order valence-electron chi connectivity index (χ1n) is 7.82. The number of likely N-dealkylation sites (N-methyl/N-ethyl adjacent to an activating group) is 1. The van der Waals surface area contributed by atoms with E-state index in [0.29, 0.717) is 18.3 Å². The molecule has 1 amide bonds. The van der Waals surface area contributed by atoms with Crippen LogP contribution in [0.3, 0.4) is 0 Å². The summed E-state index contributed by atoms with van der Waals surface area (Å²) in [6.45, 7) is 4.67. The summed E-state index contributed by atoms with van der Waals surface area (Å²) in [5.41, 5.74) is 8.32. The van der Waals surface area contributed by atoms with Crippen molar-refractivity contribution in [2.24, 2.45) is 5.92 Å². The first-order chi connectivity index (χ1) is 9.97. The van der Waals surface area contributed by atoms with Gasteiger partial charge in [-0.1, -0.05) is 25.8 Å². The smallest absolute Gasteiger partial charge is 0.238 e. The minimum Gasteiger partial charge on any atom is -0.398 e. The van der Waals surface area contributed by atoms with Crippen molar-refractivity contribution >= 4 is 17.3 Å². The van der Waals surface area contributed by atoms with E-state index in [0.717, 1.165) is 17.2 Å². The van der Waals surface area contributed by atoms with Crippen LogP contribution < -0.4 is 11.1 Å². The number of carbonyl (C=O) groups excluding carboxylic acids is 1. The molecule has 0 aliphatic heterocycles. The number of nitrogens with one attached hydrogen (secondary N) is 1. The molecule has 1 aliphatic carbocycles. The minimum absolute atomic E-state index is 0.0319. The van der Waals surface area contributed by atoms with Gasteiger partial charge in [0.1, 0.15) is 0 Å². The van der Waals surface area contributed by atoms with Crippen molar-refractivity contribution in [3.05, 3.63) is 23.8 Å². The van der Waals surface area contributed by atoms with Crippen LogP contribution in [-0.2, 0) is 4.79 Å². The van der Waals surface area contributed by atoms with Crippen LogP contribution in [0.4, 0.5) is 11.4 Å². The molecule has 116 valence electrons. The Labute approximate surface area is 127 Å². The fraction of sp³-hybridized carbons (Fsp3) is 0.588. The van der Waals surface area contributed by atoms with Crippen molar-refractivity contribution in [2.45, 2.75) is 45.6 Å². The first kappa shape index (κ1) is 15.8. The van der Waals surface area contributed by atoms with Crippen molar-refractivity contribution in [1.29, 1.82) is 0 Å². The second-order valence-electron chi connectivity index (χ2n) is 6.41. The molecular weight excluding hydrogens is 262 g/mol. The Morgan fingerprint density at radius 3 is 2.90 bits per heavy atom. The summed E-state index contributed by atoms with van der Waals surface area (Å²) in [6.07, 6.45) is 4.98. The van der Waals surface area contributed by atoms with Crippen LogP contribution in [0.5, 0.6) is 0 Å². The number of nitrogens with two attached hydrogens (primary N) is 1. The van der Waals surface area contributed by atoms with Gasteiger partial charge in [0.2, 0.25) is 5.91 Å². The number of benzene rings is 1. The summed E-state index contributed by atoms with van der Waals surface area (Å²) in [7, 11) is 2.05. The van der Waals surface area contributed by atoms with Gasteiger partial charge in [0.05, 0.1) is 6.54 Å². The Morgan fingerprint density at radius 1 is 1.43 bits per heavy atom. The topological polar surface area (TPSA) is 58.4 Å². The molecule has 3 N–H and O–H groups in total. The Balaban J connectivity index is 1.90. The van der Waals surface area contributed by atoms with E-state index in [4.69, 9.17) is 5.73 Å². The quantitative estimate of drug-likeness (QED) is 0.838. The Morgan fingerprint density at radius 2 is 2.19 bits per heavy atom. The molecule has 1 aromatic rings. The summed E-state index contributed by atoms with van der Waals surface area (Å²) < 4.78 is 0. The highest BCUT2D eigenvalue weighted by Crippen LogP contribution is 2.26. The zero-order valence-corrected chi connectivity index (χ0v) is 13.4. The molecule has 0 aromatic heterocycles. The summed E-state index contributed by atoms with van der Waals surface area (Å²) >= 11 is 0. The van der Waals surface area contributed by atoms with Crippen LogP contribution >= 0.6 is 0 Å². The molecule has 1 fully saturated rings. The van der Waals surface area contributed by atoms with Gasteiger partial charge in [-0.15, -0.1) is 0 Å². The van der Waals surface area contributed by atoms with Gasteiger partial charge in [0, 0.05) is 17.4 Å². The molecule has 0 spiro atoms. The second-order valence-corrected chi connectivity index (χ2v) is 6.41. The van der Waals surface area contributed by atoms with Crippen molar-refractivity contribution in [3.63, 3.8) is 0 Å². The number of anilines is 2.